The molecule has 1 aliphatic carbocycles. The number of aromatic nitrogens is 2. The van der Waals surface area contributed by atoms with Gasteiger partial charge >= 0.3 is 6.18 Å². The molecule has 182 valence electrons. The van der Waals surface area contributed by atoms with Crippen LogP contribution in [0.25, 0.3) is 10.9 Å². The van der Waals surface area contributed by atoms with Gasteiger partial charge in [0.2, 0.25) is 0 Å². The van der Waals surface area contributed by atoms with Gasteiger partial charge in [-0.3, -0.25) is 0 Å². The fraction of sp³-hybridized carbons (Fsp3) is 0.440. The van der Waals surface area contributed by atoms with Crippen molar-refractivity contribution in [2.45, 2.75) is 45.8 Å². The molecule has 3 aromatic rings. The summed E-state index contributed by atoms with van der Waals surface area (Å²) >= 11 is 0. The highest BCUT2D eigenvalue weighted by molar-refractivity contribution is 7.70. The van der Waals surface area contributed by atoms with Crippen LogP contribution < -0.4 is 15.9 Å². The third kappa shape index (κ3) is 5.22. The molecule has 1 aliphatic rings. The lowest BCUT2D eigenvalue weighted by Crippen LogP contribution is -2.17. The van der Waals surface area contributed by atoms with Gasteiger partial charge in [-0.1, -0.05) is 12.1 Å². The number of hydrogen-bond donors (Lipinski definition) is 2. The van der Waals surface area contributed by atoms with Crippen LogP contribution >= 0.6 is 7.14 Å². The van der Waals surface area contributed by atoms with E-state index in [0.717, 1.165) is 23.6 Å². The number of halogens is 3. The zero-order valence-electron chi connectivity index (χ0n) is 20.0. The van der Waals surface area contributed by atoms with Crippen molar-refractivity contribution in [3.05, 3.63) is 52.8 Å². The summed E-state index contributed by atoms with van der Waals surface area (Å²) in [5.74, 6) is 1.70. The molecule has 0 bridgehead atoms. The number of nitrogens with one attached hydrogen (secondary N) is 2. The Balaban J connectivity index is 1.76. The molecule has 1 saturated carbocycles. The van der Waals surface area contributed by atoms with Crippen LogP contribution in [0.3, 0.4) is 0 Å². The van der Waals surface area contributed by atoms with Crippen molar-refractivity contribution < 1.29 is 17.7 Å². The summed E-state index contributed by atoms with van der Waals surface area (Å²) in [5.41, 5.74) is 1.59. The minimum absolute atomic E-state index is 0.184. The van der Waals surface area contributed by atoms with Crippen molar-refractivity contribution in [2.24, 2.45) is 5.92 Å². The third-order valence-corrected chi connectivity index (χ3v) is 7.81. The molecule has 2 N–H and O–H groups in total. The average Bonchev–Trinajstić information content (AvgIpc) is 3.54. The number of anilines is 2. The van der Waals surface area contributed by atoms with Gasteiger partial charge in [-0.15, -0.1) is 0 Å². The Kier molecular flexibility index (Phi) is 6.40. The smallest absolute Gasteiger partial charge is 0.384 e. The molecule has 1 heterocycles. The Morgan fingerprint density at radius 3 is 2.47 bits per heavy atom. The van der Waals surface area contributed by atoms with Crippen molar-refractivity contribution in [1.29, 1.82) is 0 Å². The van der Waals surface area contributed by atoms with E-state index in [1.807, 2.05) is 19.1 Å². The van der Waals surface area contributed by atoms with Gasteiger partial charge < -0.3 is 15.2 Å². The van der Waals surface area contributed by atoms with E-state index in [1.54, 1.807) is 26.3 Å². The number of fused-ring (bicyclic) bond motifs is 1. The van der Waals surface area contributed by atoms with E-state index in [9.17, 15) is 17.7 Å². The Bertz CT molecular complexity index is 1280. The van der Waals surface area contributed by atoms with Crippen molar-refractivity contribution in [3.8, 4) is 0 Å². The van der Waals surface area contributed by atoms with E-state index in [1.165, 1.54) is 25.8 Å². The second kappa shape index (κ2) is 8.88. The first-order chi connectivity index (χ1) is 15.8. The van der Waals surface area contributed by atoms with Crippen molar-refractivity contribution in [2.75, 3.05) is 30.5 Å². The second-order valence-electron chi connectivity index (χ2n) is 9.56. The van der Waals surface area contributed by atoms with E-state index in [2.05, 4.69) is 20.6 Å². The van der Waals surface area contributed by atoms with Crippen LogP contribution in [0.4, 0.5) is 24.7 Å². The quantitative estimate of drug-likeness (QED) is 0.370. The summed E-state index contributed by atoms with van der Waals surface area (Å²) in [5, 5.41) is 8.15. The summed E-state index contributed by atoms with van der Waals surface area (Å²) in [6.07, 6.45) is -2.01. The van der Waals surface area contributed by atoms with Crippen LogP contribution in [0.2, 0.25) is 0 Å². The first kappa shape index (κ1) is 24.5. The van der Waals surface area contributed by atoms with E-state index in [-0.39, 0.29) is 5.56 Å². The molecular formula is C25H30F3N4OP. The van der Waals surface area contributed by atoms with Crippen LogP contribution in [0.15, 0.2) is 30.3 Å². The summed E-state index contributed by atoms with van der Waals surface area (Å²) in [4.78, 5) is 9.13. The molecule has 1 aromatic heterocycles. The number of rotatable bonds is 7. The maximum absolute atomic E-state index is 13.4. The molecule has 34 heavy (non-hydrogen) atoms. The summed E-state index contributed by atoms with van der Waals surface area (Å²) in [6.45, 7) is 9.36. The van der Waals surface area contributed by atoms with Crippen molar-refractivity contribution in [1.82, 2.24) is 9.97 Å². The fourth-order valence-corrected chi connectivity index (χ4v) is 5.43. The standard InChI is InChI=1S/C25H30F3N4OP/c1-14-18(7-6-8-20(14)25(26,27)28)15(2)30-24-19-11-23(34(4,5)33)22(29-13-17-9-10-17)12-21(19)31-16(3)32-24/h6-8,11-12,15,17,29H,9-10,13H2,1-5H3,(H,30,31,32)/t15-/m1/s1. The Hall–Kier alpha value is -2.60. The highest BCUT2D eigenvalue weighted by Gasteiger charge is 2.33. The highest BCUT2D eigenvalue weighted by Crippen LogP contribution is 2.41. The zero-order chi connectivity index (χ0) is 24.8. The van der Waals surface area contributed by atoms with Gasteiger partial charge in [0.25, 0.3) is 0 Å². The first-order valence-corrected chi connectivity index (χ1v) is 14.0. The van der Waals surface area contributed by atoms with Crippen LogP contribution in [0.5, 0.6) is 0 Å². The molecule has 0 spiro atoms. The summed E-state index contributed by atoms with van der Waals surface area (Å²) < 4.78 is 53.4. The lowest BCUT2D eigenvalue weighted by atomic mass is 9.97. The lowest BCUT2D eigenvalue weighted by molar-refractivity contribution is -0.138. The molecular weight excluding hydrogens is 460 g/mol. The van der Waals surface area contributed by atoms with E-state index in [4.69, 9.17) is 0 Å². The summed E-state index contributed by atoms with van der Waals surface area (Å²) in [7, 11) is -2.63. The SMILES string of the molecule is Cc1nc(N[C@H](C)c2cccc(C(F)(F)F)c2C)c2cc(P(C)(C)=O)c(NCC3CC3)cc2n1. The second-order valence-corrected chi connectivity index (χ2v) is 12.7. The predicted octanol–water partition coefficient (Wildman–Crippen LogP) is 6.51. The highest BCUT2D eigenvalue weighted by atomic mass is 31.2. The van der Waals surface area contributed by atoms with Gasteiger partial charge in [0.1, 0.15) is 18.8 Å². The van der Waals surface area contributed by atoms with Crippen LogP contribution in [-0.4, -0.2) is 29.8 Å². The Labute approximate surface area is 198 Å². The van der Waals surface area contributed by atoms with Crippen LogP contribution in [0, 0.1) is 19.8 Å². The van der Waals surface area contributed by atoms with E-state index < -0.39 is 24.9 Å². The van der Waals surface area contributed by atoms with Crippen molar-refractivity contribution >= 4 is 34.9 Å². The molecule has 0 saturated heterocycles. The molecule has 2 aromatic carbocycles. The molecule has 0 amide bonds. The predicted molar refractivity (Wildman–Crippen MR) is 133 cm³/mol. The van der Waals surface area contributed by atoms with Gasteiger partial charge in [0.05, 0.1) is 17.1 Å². The number of hydrogen-bond acceptors (Lipinski definition) is 5. The number of nitrogens with zero attached hydrogens (tertiary/aromatic N) is 2. The molecule has 0 aliphatic heterocycles. The minimum atomic E-state index is -4.42. The van der Waals surface area contributed by atoms with Gasteiger partial charge in [0.15, 0.2) is 0 Å². The number of benzene rings is 2. The van der Waals surface area contributed by atoms with Gasteiger partial charge in [-0.2, -0.15) is 13.2 Å². The van der Waals surface area contributed by atoms with Gasteiger partial charge in [-0.05, 0) is 82.2 Å². The molecule has 1 atom stereocenters. The molecule has 0 radical (unpaired) electrons. The van der Waals surface area contributed by atoms with Crippen LogP contribution in [-0.2, 0) is 10.7 Å². The van der Waals surface area contributed by atoms with Crippen molar-refractivity contribution in [3.63, 3.8) is 0 Å². The summed E-state index contributed by atoms with van der Waals surface area (Å²) in [6, 6.07) is 7.54. The van der Waals surface area contributed by atoms with Gasteiger partial charge in [0, 0.05) is 22.9 Å². The zero-order valence-corrected chi connectivity index (χ0v) is 20.9. The minimum Gasteiger partial charge on any atom is -0.384 e. The fourth-order valence-electron chi connectivity index (χ4n) is 4.27. The maximum atomic E-state index is 13.4. The Morgan fingerprint density at radius 1 is 1.15 bits per heavy atom. The lowest BCUT2D eigenvalue weighted by Gasteiger charge is -2.22. The molecule has 0 unspecified atom stereocenters. The molecule has 5 nitrogen and oxygen atoms in total. The third-order valence-electron chi connectivity index (χ3n) is 6.28. The molecule has 1 fully saturated rings. The normalized spacial score (nSPS) is 15.4. The monoisotopic (exact) mass is 490 g/mol. The average molecular weight is 491 g/mol. The van der Waals surface area contributed by atoms with Crippen LogP contribution in [0.1, 0.15) is 48.3 Å². The first-order valence-electron chi connectivity index (χ1n) is 11.4. The largest absolute Gasteiger partial charge is 0.416 e. The molecule has 9 heteroatoms. The van der Waals surface area contributed by atoms with Gasteiger partial charge in [-0.25, -0.2) is 9.97 Å². The van der Waals surface area contributed by atoms with E-state index >= 15 is 0 Å². The topological polar surface area (TPSA) is 66.9 Å². The van der Waals surface area contributed by atoms with E-state index in [0.29, 0.717) is 34.0 Å². The number of alkyl halides is 3. The Morgan fingerprint density at radius 2 is 1.85 bits per heavy atom. The maximum Gasteiger partial charge on any atom is 0.416 e. The molecule has 4 rings (SSSR count). The number of aryl methyl sites for hydroxylation is 1.